The second-order valence-electron chi connectivity index (χ2n) is 7.74. The molecule has 0 bridgehead atoms. The van der Waals surface area contributed by atoms with Crippen molar-refractivity contribution in [1.29, 1.82) is 0 Å². The van der Waals surface area contributed by atoms with E-state index < -0.39 is 5.91 Å². The highest BCUT2D eigenvalue weighted by Gasteiger charge is 2.26. The number of hydrogen-bond acceptors (Lipinski definition) is 5. The molecule has 2 heterocycles. The minimum absolute atomic E-state index is 0.120. The number of pyridine rings is 1. The molecular weight excluding hydrogens is 418 g/mol. The third kappa shape index (κ3) is 3.89. The number of hydrogen-bond donors (Lipinski definition) is 2. The van der Waals surface area contributed by atoms with Crippen molar-refractivity contribution in [2.75, 3.05) is 25.3 Å². The Morgan fingerprint density at radius 2 is 1.73 bits per heavy atom. The lowest BCUT2D eigenvalue weighted by molar-refractivity contribution is 0.102. The minimum atomic E-state index is -0.446. The third-order valence-corrected chi connectivity index (χ3v) is 5.75. The summed E-state index contributed by atoms with van der Waals surface area (Å²) in [6.45, 7) is 3.94. The van der Waals surface area contributed by atoms with Gasteiger partial charge in [0.05, 0.1) is 36.7 Å². The molecule has 0 aliphatic rings. The molecule has 168 valence electrons. The zero-order valence-corrected chi connectivity index (χ0v) is 18.9. The van der Waals surface area contributed by atoms with Crippen LogP contribution in [0.15, 0.2) is 60.8 Å². The zero-order chi connectivity index (χ0) is 23.7. The first-order chi connectivity index (χ1) is 15.8. The maximum Gasteiger partial charge on any atom is 0.260 e. The maximum atomic E-state index is 13.4. The lowest BCUT2D eigenvalue weighted by Gasteiger charge is -2.11. The number of nitrogens with one attached hydrogen (secondary N) is 1. The maximum absolute atomic E-state index is 13.4. The molecule has 0 aliphatic heterocycles. The van der Waals surface area contributed by atoms with Crippen LogP contribution in [-0.4, -0.2) is 30.3 Å². The van der Waals surface area contributed by atoms with Crippen LogP contribution in [0.4, 0.5) is 11.4 Å². The molecule has 0 radical (unpaired) electrons. The Labute approximate surface area is 191 Å². The SMILES string of the molecule is COc1ccc(NC(=O)c2c(N)c(C(=O)c3ccc(C)c(C)c3)n3ccccc23)c(OC)c1. The van der Waals surface area contributed by atoms with Gasteiger partial charge in [-0.25, -0.2) is 0 Å². The molecule has 3 N–H and O–H groups in total. The van der Waals surface area contributed by atoms with Crippen molar-refractivity contribution in [1.82, 2.24) is 4.40 Å². The molecule has 4 aromatic rings. The van der Waals surface area contributed by atoms with E-state index in [1.165, 1.54) is 7.11 Å². The van der Waals surface area contributed by atoms with Crippen molar-refractivity contribution >= 4 is 28.6 Å². The number of nitrogen functional groups attached to an aromatic ring is 1. The van der Waals surface area contributed by atoms with Gasteiger partial charge < -0.3 is 24.9 Å². The number of fused-ring (bicyclic) bond motifs is 1. The Morgan fingerprint density at radius 3 is 2.42 bits per heavy atom. The van der Waals surface area contributed by atoms with Gasteiger partial charge in [0, 0.05) is 17.8 Å². The monoisotopic (exact) mass is 443 g/mol. The lowest BCUT2D eigenvalue weighted by atomic mass is 10.0. The normalized spacial score (nSPS) is 10.8. The molecule has 2 aromatic carbocycles. The van der Waals surface area contributed by atoms with Crippen molar-refractivity contribution in [2.45, 2.75) is 13.8 Å². The number of nitrogens with two attached hydrogens (primary N) is 1. The Balaban J connectivity index is 1.80. The minimum Gasteiger partial charge on any atom is -0.497 e. The van der Waals surface area contributed by atoms with Gasteiger partial charge in [0.1, 0.15) is 17.2 Å². The number of methoxy groups -OCH3 is 2. The second-order valence-corrected chi connectivity index (χ2v) is 7.74. The predicted molar refractivity (Wildman–Crippen MR) is 129 cm³/mol. The van der Waals surface area contributed by atoms with Gasteiger partial charge in [0.25, 0.3) is 5.91 Å². The number of amides is 1. The summed E-state index contributed by atoms with van der Waals surface area (Å²) in [5, 5.41) is 2.85. The molecule has 7 heteroatoms. The fourth-order valence-electron chi connectivity index (χ4n) is 3.80. The van der Waals surface area contributed by atoms with E-state index in [2.05, 4.69) is 5.32 Å². The number of benzene rings is 2. The standard InChI is InChI=1S/C26H25N3O4/c1-15-8-9-17(13-16(15)2)25(30)24-23(27)22(20-7-5-6-12-29(20)24)26(31)28-19-11-10-18(32-3)14-21(19)33-4/h5-14H,27H2,1-4H3,(H,28,31). The van der Waals surface area contributed by atoms with E-state index in [1.807, 2.05) is 26.0 Å². The van der Waals surface area contributed by atoms with Crippen LogP contribution >= 0.6 is 0 Å². The first kappa shape index (κ1) is 22.0. The predicted octanol–water partition coefficient (Wildman–Crippen LogP) is 4.64. The van der Waals surface area contributed by atoms with Gasteiger partial charge in [-0.05, 0) is 55.3 Å². The molecule has 0 atom stereocenters. The average Bonchev–Trinajstić information content (AvgIpc) is 3.12. The number of carbonyl (C=O) groups is 2. The van der Waals surface area contributed by atoms with Gasteiger partial charge in [-0.3, -0.25) is 9.59 Å². The summed E-state index contributed by atoms with van der Waals surface area (Å²) in [6, 6.07) is 15.9. The van der Waals surface area contributed by atoms with Crippen LogP contribution in [0.25, 0.3) is 5.52 Å². The van der Waals surface area contributed by atoms with Crippen molar-refractivity contribution in [3.63, 3.8) is 0 Å². The molecule has 7 nitrogen and oxygen atoms in total. The number of anilines is 2. The molecule has 0 aliphatic carbocycles. The fourth-order valence-corrected chi connectivity index (χ4v) is 3.80. The summed E-state index contributed by atoms with van der Waals surface area (Å²) in [5.74, 6) is 0.341. The molecule has 0 fully saturated rings. The smallest absolute Gasteiger partial charge is 0.260 e. The summed E-state index contributed by atoms with van der Waals surface area (Å²) in [6.07, 6.45) is 1.73. The van der Waals surface area contributed by atoms with E-state index in [0.717, 1.165) is 11.1 Å². The molecular formula is C26H25N3O4. The van der Waals surface area contributed by atoms with Gasteiger partial charge >= 0.3 is 0 Å². The summed E-state index contributed by atoms with van der Waals surface area (Å²) in [4.78, 5) is 26.8. The van der Waals surface area contributed by atoms with E-state index in [0.29, 0.717) is 28.3 Å². The molecule has 2 aromatic heterocycles. The number of aryl methyl sites for hydroxylation is 2. The number of aromatic nitrogens is 1. The number of carbonyl (C=O) groups excluding carboxylic acids is 2. The van der Waals surface area contributed by atoms with Crippen LogP contribution in [0.5, 0.6) is 11.5 Å². The highest BCUT2D eigenvalue weighted by Crippen LogP contribution is 2.33. The van der Waals surface area contributed by atoms with Gasteiger partial charge in [-0.1, -0.05) is 18.2 Å². The molecule has 0 spiro atoms. The molecule has 4 rings (SSSR count). The first-order valence-electron chi connectivity index (χ1n) is 10.4. The summed E-state index contributed by atoms with van der Waals surface area (Å²) in [5.41, 5.74) is 10.6. The lowest BCUT2D eigenvalue weighted by Crippen LogP contribution is -2.14. The zero-order valence-electron chi connectivity index (χ0n) is 18.9. The van der Waals surface area contributed by atoms with E-state index >= 15 is 0 Å². The average molecular weight is 444 g/mol. The second kappa shape index (κ2) is 8.70. The number of ketones is 1. The third-order valence-electron chi connectivity index (χ3n) is 5.75. The van der Waals surface area contributed by atoms with Crippen molar-refractivity contribution < 1.29 is 19.1 Å². The molecule has 0 unspecified atom stereocenters. The fraction of sp³-hybridized carbons (Fsp3) is 0.154. The van der Waals surface area contributed by atoms with E-state index in [9.17, 15) is 9.59 Å². The largest absolute Gasteiger partial charge is 0.497 e. The number of rotatable bonds is 6. The van der Waals surface area contributed by atoms with Gasteiger partial charge in [0.15, 0.2) is 0 Å². The van der Waals surface area contributed by atoms with Crippen molar-refractivity contribution in [2.24, 2.45) is 0 Å². The molecule has 1 amide bonds. The first-order valence-corrected chi connectivity index (χ1v) is 10.4. The molecule has 0 saturated carbocycles. The van der Waals surface area contributed by atoms with Crippen LogP contribution in [0.1, 0.15) is 37.5 Å². The quantitative estimate of drug-likeness (QED) is 0.424. The van der Waals surface area contributed by atoms with Gasteiger partial charge in [0.2, 0.25) is 5.78 Å². The van der Waals surface area contributed by atoms with Crippen LogP contribution in [-0.2, 0) is 0 Å². The van der Waals surface area contributed by atoms with Crippen LogP contribution in [0.2, 0.25) is 0 Å². The van der Waals surface area contributed by atoms with E-state index in [4.69, 9.17) is 15.2 Å². The summed E-state index contributed by atoms with van der Waals surface area (Å²) in [7, 11) is 3.06. The van der Waals surface area contributed by atoms with Crippen LogP contribution < -0.4 is 20.5 Å². The number of ether oxygens (including phenoxy) is 2. The summed E-state index contributed by atoms with van der Waals surface area (Å²) < 4.78 is 12.3. The highest BCUT2D eigenvalue weighted by molar-refractivity contribution is 6.20. The van der Waals surface area contributed by atoms with E-state index in [1.54, 1.807) is 60.2 Å². The Bertz CT molecular complexity index is 1390. The Kier molecular flexibility index (Phi) is 5.79. The van der Waals surface area contributed by atoms with E-state index in [-0.39, 0.29) is 22.7 Å². The highest BCUT2D eigenvalue weighted by atomic mass is 16.5. The topological polar surface area (TPSA) is 95.1 Å². The van der Waals surface area contributed by atoms with Crippen molar-refractivity contribution in [3.05, 3.63) is 88.7 Å². The van der Waals surface area contributed by atoms with Gasteiger partial charge in [-0.2, -0.15) is 0 Å². The molecule has 33 heavy (non-hydrogen) atoms. The number of nitrogens with zero attached hydrogens (tertiary/aromatic N) is 1. The summed E-state index contributed by atoms with van der Waals surface area (Å²) >= 11 is 0. The van der Waals surface area contributed by atoms with Crippen LogP contribution in [0.3, 0.4) is 0 Å². The van der Waals surface area contributed by atoms with Crippen LogP contribution in [0, 0.1) is 13.8 Å². The Morgan fingerprint density at radius 1 is 0.939 bits per heavy atom. The molecule has 0 saturated heterocycles. The van der Waals surface area contributed by atoms with Crippen molar-refractivity contribution in [3.8, 4) is 11.5 Å². The van der Waals surface area contributed by atoms with Gasteiger partial charge in [-0.15, -0.1) is 0 Å². The Hall–Kier alpha value is -4.26.